The second kappa shape index (κ2) is 9.07. The normalized spacial score (nSPS) is 19.9. The summed E-state index contributed by atoms with van der Waals surface area (Å²) in [4.78, 5) is 12.7. The van der Waals surface area contributed by atoms with Gasteiger partial charge in [0.05, 0.1) is 12.9 Å². The third-order valence-corrected chi connectivity index (χ3v) is 5.27. The number of hydrogen-bond donors (Lipinski definition) is 1. The first-order valence-electron chi connectivity index (χ1n) is 9.89. The van der Waals surface area contributed by atoms with E-state index in [1.807, 2.05) is 25.1 Å². The smallest absolute Gasteiger partial charge is 0.327 e. The molecular formula is C24H29NO3. The molecule has 0 fully saturated rings. The summed E-state index contributed by atoms with van der Waals surface area (Å²) in [7, 11) is 0. The molecule has 4 nitrogen and oxygen atoms in total. The lowest BCUT2D eigenvalue weighted by Crippen LogP contribution is -2.54. The van der Waals surface area contributed by atoms with Gasteiger partial charge in [-0.25, -0.2) is 0 Å². The Kier molecular flexibility index (Phi) is 6.53. The van der Waals surface area contributed by atoms with Crippen molar-refractivity contribution in [1.82, 2.24) is 5.32 Å². The molecule has 1 unspecified atom stereocenters. The second-order valence-electron chi connectivity index (χ2n) is 7.48. The highest BCUT2D eigenvalue weighted by molar-refractivity contribution is 5.83. The van der Waals surface area contributed by atoms with Gasteiger partial charge in [-0.15, -0.1) is 0 Å². The van der Waals surface area contributed by atoms with Gasteiger partial charge in [0.2, 0.25) is 0 Å². The lowest BCUT2D eigenvalue weighted by Gasteiger charge is -2.27. The van der Waals surface area contributed by atoms with Crippen molar-refractivity contribution in [2.24, 2.45) is 5.92 Å². The Morgan fingerprint density at radius 1 is 1.32 bits per heavy atom. The maximum Gasteiger partial charge on any atom is 0.327 e. The van der Waals surface area contributed by atoms with Gasteiger partial charge in [-0.05, 0) is 47.6 Å². The Morgan fingerprint density at radius 2 is 2.04 bits per heavy atom. The molecule has 0 bridgehead atoms. The Balaban J connectivity index is 1.57. The van der Waals surface area contributed by atoms with Crippen LogP contribution >= 0.6 is 0 Å². The lowest BCUT2D eigenvalue weighted by atomic mass is 9.94. The fourth-order valence-corrected chi connectivity index (χ4v) is 3.73. The van der Waals surface area contributed by atoms with E-state index >= 15 is 0 Å². The van der Waals surface area contributed by atoms with Gasteiger partial charge in [0.1, 0.15) is 12.3 Å². The van der Waals surface area contributed by atoms with E-state index < -0.39 is 5.54 Å². The molecule has 0 spiro atoms. The molecule has 0 amide bonds. The number of esters is 1. The van der Waals surface area contributed by atoms with E-state index in [0.717, 1.165) is 17.6 Å². The van der Waals surface area contributed by atoms with Gasteiger partial charge in [0.15, 0.2) is 0 Å². The van der Waals surface area contributed by atoms with Crippen LogP contribution in [0, 0.1) is 5.92 Å². The molecule has 1 N–H and O–H groups in total. The van der Waals surface area contributed by atoms with Crippen LogP contribution in [0.2, 0.25) is 0 Å². The van der Waals surface area contributed by atoms with Crippen LogP contribution < -0.4 is 5.32 Å². The van der Waals surface area contributed by atoms with Gasteiger partial charge < -0.3 is 9.47 Å². The lowest BCUT2D eigenvalue weighted by molar-refractivity contribution is -0.151. The summed E-state index contributed by atoms with van der Waals surface area (Å²) in [5, 5.41) is 3.28. The second-order valence-corrected chi connectivity index (χ2v) is 7.48. The predicted molar refractivity (Wildman–Crippen MR) is 112 cm³/mol. The summed E-state index contributed by atoms with van der Waals surface area (Å²) in [6, 6.07) is 8.13. The third kappa shape index (κ3) is 4.63. The first-order valence-corrected chi connectivity index (χ1v) is 9.89. The zero-order chi connectivity index (χ0) is 20.0. The number of nitrogens with one attached hydrogen (secondary N) is 1. The van der Waals surface area contributed by atoms with Crippen molar-refractivity contribution in [3.63, 3.8) is 0 Å². The minimum absolute atomic E-state index is 0.224. The Morgan fingerprint density at radius 3 is 2.68 bits per heavy atom. The van der Waals surface area contributed by atoms with Crippen molar-refractivity contribution in [1.29, 1.82) is 0 Å². The molecule has 0 saturated carbocycles. The molecule has 4 heteroatoms. The topological polar surface area (TPSA) is 47.6 Å². The molecule has 0 radical (unpaired) electrons. The fourth-order valence-electron chi connectivity index (χ4n) is 3.73. The molecule has 2 aliphatic carbocycles. The molecule has 148 valence electrons. The number of fused-ring (bicyclic) bond motifs is 1. The maximum atomic E-state index is 12.7. The van der Waals surface area contributed by atoms with Crippen LogP contribution in [-0.2, 0) is 27.1 Å². The van der Waals surface area contributed by atoms with Crippen LogP contribution in [0.5, 0.6) is 0 Å². The van der Waals surface area contributed by atoms with Crippen molar-refractivity contribution in [3.8, 4) is 0 Å². The van der Waals surface area contributed by atoms with Gasteiger partial charge in [-0.2, -0.15) is 0 Å². The first kappa shape index (κ1) is 20.2. The van der Waals surface area contributed by atoms with Crippen LogP contribution in [-0.4, -0.2) is 24.8 Å². The summed E-state index contributed by atoms with van der Waals surface area (Å²) in [6.45, 7) is 8.70. The Bertz CT molecular complexity index is 794. The molecule has 0 aliphatic heterocycles. The van der Waals surface area contributed by atoms with Crippen molar-refractivity contribution in [3.05, 3.63) is 83.7 Å². The highest BCUT2D eigenvalue weighted by Crippen LogP contribution is 2.31. The average Bonchev–Trinajstić information content (AvgIpc) is 3.07. The average molecular weight is 380 g/mol. The molecule has 1 aromatic rings. The molecule has 0 heterocycles. The molecule has 0 aromatic heterocycles. The number of carbonyl (C=O) groups is 1. The van der Waals surface area contributed by atoms with Gasteiger partial charge in [0, 0.05) is 12.8 Å². The summed E-state index contributed by atoms with van der Waals surface area (Å²) in [6.07, 6.45) is 12.3. The number of carbonyl (C=O) groups excluding carboxylic acids is 1. The monoisotopic (exact) mass is 379 g/mol. The minimum Gasteiger partial charge on any atom is -0.486 e. The maximum absolute atomic E-state index is 12.7. The molecular weight excluding hydrogens is 350 g/mol. The van der Waals surface area contributed by atoms with Gasteiger partial charge in [-0.3, -0.25) is 10.1 Å². The van der Waals surface area contributed by atoms with Crippen molar-refractivity contribution < 1.29 is 14.3 Å². The van der Waals surface area contributed by atoms with Crippen molar-refractivity contribution >= 4 is 5.97 Å². The van der Waals surface area contributed by atoms with Crippen LogP contribution in [0.4, 0.5) is 0 Å². The van der Waals surface area contributed by atoms with Crippen LogP contribution in [0.25, 0.3) is 0 Å². The third-order valence-electron chi connectivity index (χ3n) is 5.27. The molecule has 1 atom stereocenters. The first-order chi connectivity index (χ1) is 13.5. The molecule has 2 aliphatic rings. The van der Waals surface area contributed by atoms with E-state index in [-0.39, 0.29) is 12.7 Å². The predicted octanol–water partition coefficient (Wildman–Crippen LogP) is 4.24. The molecule has 28 heavy (non-hydrogen) atoms. The van der Waals surface area contributed by atoms with E-state index in [1.165, 1.54) is 11.1 Å². The van der Waals surface area contributed by atoms with Crippen LogP contribution in [0.1, 0.15) is 31.4 Å². The SMILES string of the molecule is C=C(/C=C\OCNC1(C(=O)OCC)Cc2ccccc2C1)C1=CC(C)CC=C1. The van der Waals surface area contributed by atoms with Crippen molar-refractivity contribution in [2.75, 3.05) is 13.3 Å². The van der Waals surface area contributed by atoms with Crippen LogP contribution in [0.3, 0.4) is 0 Å². The van der Waals surface area contributed by atoms with E-state index in [2.05, 4.69) is 49.2 Å². The van der Waals surface area contributed by atoms with Crippen LogP contribution in [0.15, 0.2) is 72.6 Å². The van der Waals surface area contributed by atoms with Gasteiger partial charge in [0.25, 0.3) is 0 Å². The summed E-state index contributed by atoms with van der Waals surface area (Å²) in [5.74, 6) is 0.302. The quantitative estimate of drug-likeness (QED) is 0.241. The van der Waals surface area contributed by atoms with Gasteiger partial charge >= 0.3 is 5.97 Å². The zero-order valence-electron chi connectivity index (χ0n) is 16.7. The largest absolute Gasteiger partial charge is 0.486 e. The minimum atomic E-state index is -0.769. The summed E-state index contributed by atoms with van der Waals surface area (Å²) >= 11 is 0. The van der Waals surface area contributed by atoms with E-state index in [1.54, 1.807) is 6.26 Å². The Hall–Kier alpha value is -2.59. The highest BCUT2D eigenvalue weighted by atomic mass is 16.5. The number of hydrogen-bond acceptors (Lipinski definition) is 4. The highest BCUT2D eigenvalue weighted by Gasteiger charge is 2.44. The van der Waals surface area contributed by atoms with E-state index in [0.29, 0.717) is 25.4 Å². The van der Waals surface area contributed by atoms with Crippen molar-refractivity contribution in [2.45, 2.75) is 38.6 Å². The standard InChI is InChI=1S/C24H29NO3/c1-4-28-23(26)24(15-21-9-5-6-10-22(21)16-24)25-17-27-13-12-19(3)20-11-7-8-18(2)14-20/h5-7,9-14,18,25H,3-4,8,15-17H2,1-2H3/b13-12-. The number of benzene rings is 1. The molecule has 3 rings (SSSR count). The summed E-state index contributed by atoms with van der Waals surface area (Å²) in [5.41, 5.74) is 3.63. The van der Waals surface area contributed by atoms with Gasteiger partial charge in [-0.1, -0.05) is 56.0 Å². The van der Waals surface area contributed by atoms with E-state index in [4.69, 9.17) is 9.47 Å². The number of ether oxygens (including phenoxy) is 2. The summed E-state index contributed by atoms with van der Waals surface area (Å²) < 4.78 is 11.0. The molecule has 1 aromatic carbocycles. The van der Waals surface area contributed by atoms with E-state index in [9.17, 15) is 4.79 Å². The molecule has 0 saturated heterocycles. The fraction of sp³-hybridized carbons (Fsp3) is 0.375. The number of rotatable bonds is 8. The number of allylic oxidation sites excluding steroid dienone is 6. The Labute approximate surface area is 167 Å². The zero-order valence-corrected chi connectivity index (χ0v) is 16.7.